The molecule has 2 aromatic carbocycles. The van der Waals surface area contributed by atoms with Gasteiger partial charge >= 0.3 is 0 Å². The van der Waals surface area contributed by atoms with Crippen molar-refractivity contribution in [2.75, 3.05) is 0 Å². The molecule has 4 aromatic rings. The van der Waals surface area contributed by atoms with Gasteiger partial charge in [0.25, 0.3) is 5.91 Å². The van der Waals surface area contributed by atoms with Crippen molar-refractivity contribution in [3.8, 4) is 0 Å². The Morgan fingerprint density at radius 1 is 1.15 bits per heavy atom. The van der Waals surface area contributed by atoms with Gasteiger partial charge in [-0.15, -0.1) is 0 Å². The second-order valence-corrected chi connectivity index (χ2v) is 8.07. The monoisotopic (exact) mass is 462 g/mol. The lowest BCUT2D eigenvalue weighted by Crippen LogP contribution is -2.30. The van der Waals surface area contributed by atoms with Gasteiger partial charge in [-0.2, -0.15) is 0 Å². The molecule has 0 aliphatic carbocycles. The summed E-state index contributed by atoms with van der Waals surface area (Å²) in [5, 5.41) is 11.9. The predicted octanol–water partition coefficient (Wildman–Crippen LogP) is 5.40. The van der Waals surface area contributed by atoms with Crippen LogP contribution in [0.3, 0.4) is 0 Å². The van der Waals surface area contributed by atoms with Crippen LogP contribution in [0.25, 0.3) is 11.0 Å². The SMILES string of the molecule is O=C(C1=C(O)C(=O)N(Cc2ccc(F)cc2)C1c1cccnc1)c1cc2cc(Cl)ccc2o1. The van der Waals surface area contributed by atoms with Crippen LogP contribution in [0.1, 0.15) is 27.7 Å². The van der Waals surface area contributed by atoms with Crippen LogP contribution in [0.2, 0.25) is 5.02 Å². The number of carbonyl (C=O) groups is 2. The summed E-state index contributed by atoms with van der Waals surface area (Å²) in [4.78, 5) is 32.0. The van der Waals surface area contributed by atoms with E-state index in [0.29, 0.717) is 27.1 Å². The summed E-state index contributed by atoms with van der Waals surface area (Å²) in [6.45, 7) is 0.0508. The first-order chi connectivity index (χ1) is 15.9. The molecule has 1 aliphatic heterocycles. The van der Waals surface area contributed by atoms with Gasteiger partial charge in [-0.3, -0.25) is 14.6 Å². The van der Waals surface area contributed by atoms with Crippen LogP contribution in [0.4, 0.5) is 4.39 Å². The average molecular weight is 463 g/mol. The van der Waals surface area contributed by atoms with Gasteiger partial charge in [0.15, 0.2) is 11.5 Å². The van der Waals surface area contributed by atoms with Crippen LogP contribution in [0.5, 0.6) is 0 Å². The zero-order valence-corrected chi connectivity index (χ0v) is 17.8. The number of aliphatic hydroxyl groups excluding tert-OH is 1. The molecule has 1 atom stereocenters. The van der Waals surface area contributed by atoms with E-state index in [0.717, 1.165) is 0 Å². The summed E-state index contributed by atoms with van der Waals surface area (Å²) >= 11 is 6.03. The molecule has 3 heterocycles. The molecule has 0 radical (unpaired) electrons. The van der Waals surface area contributed by atoms with Gasteiger partial charge in [-0.1, -0.05) is 29.8 Å². The minimum Gasteiger partial charge on any atom is -0.503 e. The van der Waals surface area contributed by atoms with Gasteiger partial charge in [-0.25, -0.2) is 4.39 Å². The summed E-state index contributed by atoms with van der Waals surface area (Å²) < 4.78 is 19.0. The number of carbonyl (C=O) groups excluding carboxylic acids is 2. The zero-order chi connectivity index (χ0) is 23.1. The van der Waals surface area contributed by atoms with Gasteiger partial charge in [0.05, 0.1) is 11.6 Å². The smallest absolute Gasteiger partial charge is 0.290 e. The Labute approximate surface area is 192 Å². The van der Waals surface area contributed by atoms with Gasteiger partial charge in [-0.05, 0) is 53.6 Å². The van der Waals surface area contributed by atoms with Crippen LogP contribution in [0, 0.1) is 5.82 Å². The van der Waals surface area contributed by atoms with E-state index in [4.69, 9.17) is 16.0 Å². The highest BCUT2D eigenvalue weighted by molar-refractivity contribution is 6.31. The first kappa shape index (κ1) is 20.9. The Kier molecular flexibility index (Phi) is 5.18. The standard InChI is InChI=1S/C25H16ClFN2O4/c26-17-5-8-19-16(10-17)11-20(33-19)23(30)21-22(15-2-1-9-28-12-15)29(25(32)24(21)31)13-14-3-6-18(27)7-4-14/h1-12,22,31H,13H2. The van der Waals surface area contributed by atoms with Crippen LogP contribution in [-0.4, -0.2) is 26.7 Å². The first-order valence-electron chi connectivity index (χ1n) is 10.0. The molecule has 1 amide bonds. The number of furan rings is 1. The van der Waals surface area contributed by atoms with Crippen LogP contribution in [-0.2, 0) is 11.3 Å². The molecule has 0 bridgehead atoms. The van der Waals surface area contributed by atoms with Crippen molar-refractivity contribution in [1.29, 1.82) is 0 Å². The van der Waals surface area contributed by atoms with E-state index < -0.39 is 29.3 Å². The number of ketones is 1. The van der Waals surface area contributed by atoms with Gasteiger partial charge < -0.3 is 14.4 Å². The predicted molar refractivity (Wildman–Crippen MR) is 119 cm³/mol. The summed E-state index contributed by atoms with van der Waals surface area (Å²) in [7, 11) is 0. The Hall–Kier alpha value is -3.97. The summed E-state index contributed by atoms with van der Waals surface area (Å²) in [6, 6.07) is 14.6. The third-order valence-corrected chi connectivity index (χ3v) is 5.75. The number of benzene rings is 2. The van der Waals surface area contributed by atoms with Crippen molar-refractivity contribution in [2.24, 2.45) is 0 Å². The fourth-order valence-corrected chi connectivity index (χ4v) is 4.16. The number of fused-ring (bicyclic) bond motifs is 1. The second kappa shape index (κ2) is 8.18. The van der Waals surface area contributed by atoms with E-state index in [1.54, 1.807) is 48.7 Å². The molecule has 6 nitrogen and oxygen atoms in total. The number of hydrogen-bond acceptors (Lipinski definition) is 5. The van der Waals surface area contributed by atoms with E-state index in [1.807, 2.05) is 0 Å². The first-order valence-corrected chi connectivity index (χ1v) is 10.4. The molecule has 0 fully saturated rings. The molecular weight excluding hydrogens is 447 g/mol. The molecule has 8 heteroatoms. The van der Waals surface area contributed by atoms with Crippen molar-refractivity contribution < 1.29 is 23.5 Å². The lowest BCUT2D eigenvalue weighted by Gasteiger charge is -2.26. The third kappa shape index (κ3) is 3.76. The molecule has 2 aromatic heterocycles. The van der Waals surface area contributed by atoms with E-state index in [-0.39, 0.29) is 17.9 Å². The molecule has 164 valence electrons. The number of amides is 1. The van der Waals surface area contributed by atoms with Crippen LogP contribution in [0.15, 0.2) is 88.8 Å². The Bertz CT molecular complexity index is 1410. The number of hydrogen-bond donors (Lipinski definition) is 1. The largest absolute Gasteiger partial charge is 0.503 e. The van der Waals surface area contributed by atoms with Crippen LogP contribution < -0.4 is 0 Å². The highest BCUT2D eigenvalue weighted by Gasteiger charge is 2.44. The lowest BCUT2D eigenvalue weighted by molar-refractivity contribution is -0.130. The number of rotatable bonds is 5. The molecule has 0 saturated carbocycles. The minimum absolute atomic E-state index is 0.0286. The zero-order valence-electron chi connectivity index (χ0n) is 17.0. The molecule has 1 N–H and O–H groups in total. The summed E-state index contributed by atoms with van der Waals surface area (Å²) in [6.07, 6.45) is 3.10. The van der Waals surface area contributed by atoms with Crippen molar-refractivity contribution in [1.82, 2.24) is 9.88 Å². The molecular formula is C25H16ClFN2O4. The maximum absolute atomic E-state index is 13.5. The number of aliphatic hydroxyl groups is 1. The Morgan fingerprint density at radius 2 is 1.94 bits per heavy atom. The van der Waals surface area contributed by atoms with E-state index in [2.05, 4.69) is 4.98 Å². The average Bonchev–Trinajstić information content (AvgIpc) is 3.35. The summed E-state index contributed by atoms with van der Waals surface area (Å²) in [5.41, 5.74) is 1.52. The van der Waals surface area contributed by atoms with Crippen LogP contribution >= 0.6 is 11.6 Å². The Morgan fingerprint density at radius 3 is 2.67 bits per heavy atom. The summed E-state index contributed by atoms with van der Waals surface area (Å²) in [5.74, 6) is -2.43. The van der Waals surface area contributed by atoms with Crippen molar-refractivity contribution >= 4 is 34.3 Å². The van der Waals surface area contributed by atoms with Crippen molar-refractivity contribution in [3.63, 3.8) is 0 Å². The molecule has 33 heavy (non-hydrogen) atoms. The molecule has 1 aliphatic rings. The van der Waals surface area contributed by atoms with E-state index >= 15 is 0 Å². The lowest BCUT2D eigenvalue weighted by atomic mass is 9.96. The van der Waals surface area contributed by atoms with Gasteiger partial charge in [0.2, 0.25) is 5.78 Å². The Balaban J connectivity index is 1.58. The topological polar surface area (TPSA) is 83.6 Å². The van der Waals surface area contributed by atoms with E-state index in [9.17, 15) is 19.1 Å². The van der Waals surface area contributed by atoms with Crippen molar-refractivity contribution in [2.45, 2.75) is 12.6 Å². The highest BCUT2D eigenvalue weighted by atomic mass is 35.5. The van der Waals surface area contributed by atoms with Gasteiger partial charge in [0, 0.05) is 29.3 Å². The molecule has 0 saturated heterocycles. The molecule has 0 spiro atoms. The second-order valence-electron chi connectivity index (χ2n) is 7.63. The normalized spacial score (nSPS) is 16.1. The third-order valence-electron chi connectivity index (χ3n) is 5.52. The van der Waals surface area contributed by atoms with Gasteiger partial charge in [0.1, 0.15) is 11.4 Å². The number of aromatic nitrogens is 1. The number of pyridine rings is 1. The van der Waals surface area contributed by atoms with E-state index in [1.165, 1.54) is 29.3 Å². The molecule has 1 unspecified atom stereocenters. The highest BCUT2D eigenvalue weighted by Crippen LogP contribution is 2.40. The number of Topliss-reactive ketones (excluding diaryl/α,β-unsaturated/α-hetero) is 1. The fourth-order valence-electron chi connectivity index (χ4n) is 3.98. The minimum atomic E-state index is -0.902. The maximum Gasteiger partial charge on any atom is 0.290 e. The van der Waals surface area contributed by atoms with Crippen molar-refractivity contribution in [3.05, 3.63) is 112 Å². The quantitative estimate of drug-likeness (QED) is 0.401. The number of nitrogens with zero attached hydrogens (tertiary/aromatic N) is 2. The maximum atomic E-state index is 13.5. The molecule has 5 rings (SSSR count). The fraction of sp³-hybridized carbons (Fsp3) is 0.0800. The number of halogens is 2.